The van der Waals surface area contributed by atoms with Gasteiger partial charge < -0.3 is 10.1 Å². The molecule has 0 aliphatic carbocycles. The monoisotopic (exact) mass is 621 g/mol. The molecule has 38 heavy (non-hydrogen) atoms. The number of hydrogen-bond donors (Lipinski definition) is 2. The van der Waals surface area contributed by atoms with Crippen LogP contribution < -0.4 is 10.0 Å². The van der Waals surface area contributed by atoms with E-state index in [0.29, 0.717) is 31.9 Å². The van der Waals surface area contributed by atoms with E-state index in [-0.39, 0.29) is 22.8 Å². The first-order valence-electron chi connectivity index (χ1n) is 11.9. The third-order valence-corrected chi connectivity index (χ3v) is 9.95. The lowest BCUT2D eigenvalue weighted by Gasteiger charge is -2.26. The highest BCUT2D eigenvalue weighted by Gasteiger charge is 2.27. The number of benzene rings is 3. The normalized spacial score (nSPS) is 15.6. The molecule has 2 N–H and O–H groups in total. The second-order valence-electron chi connectivity index (χ2n) is 8.70. The van der Waals surface area contributed by atoms with Gasteiger partial charge in [-0.3, -0.25) is 4.79 Å². The summed E-state index contributed by atoms with van der Waals surface area (Å²) < 4.78 is 61.6. The molecule has 1 heterocycles. The van der Waals surface area contributed by atoms with Crippen LogP contribution in [-0.2, 0) is 42.5 Å². The molecule has 0 radical (unpaired) electrons. The predicted molar refractivity (Wildman–Crippen MR) is 146 cm³/mol. The number of carbonyl (C=O) groups excluding carboxylic acids is 1. The van der Waals surface area contributed by atoms with Gasteiger partial charge in [0.25, 0.3) is 0 Å². The van der Waals surface area contributed by atoms with Crippen LogP contribution >= 0.6 is 15.9 Å². The summed E-state index contributed by atoms with van der Waals surface area (Å²) in [5, 5.41) is 2.77. The Morgan fingerprint density at radius 1 is 0.842 bits per heavy atom. The van der Waals surface area contributed by atoms with Crippen molar-refractivity contribution >= 4 is 41.9 Å². The van der Waals surface area contributed by atoms with Crippen LogP contribution in [0.3, 0.4) is 0 Å². The number of morpholine rings is 1. The first-order chi connectivity index (χ1) is 18.1. The molecule has 202 valence electrons. The molecular formula is C26H28BrN3O6S2. The molecule has 0 spiro atoms. The average Bonchev–Trinajstić information content (AvgIpc) is 2.93. The highest BCUT2D eigenvalue weighted by atomic mass is 79.9. The lowest BCUT2D eigenvalue weighted by molar-refractivity contribution is -0.122. The minimum atomic E-state index is -3.97. The summed E-state index contributed by atoms with van der Waals surface area (Å²) in [5.41, 5.74) is 1.47. The molecule has 0 aromatic heterocycles. The number of rotatable bonds is 10. The van der Waals surface area contributed by atoms with E-state index in [4.69, 9.17) is 4.74 Å². The smallest absolute Gasteiger partial charge is 0.243 e. The van der Waals surface area contributed by atoms with Gasteiger partial charge in [-0.25, -0.2) is 16.8 Å². The van der Waals surface area contributed by atoms with Gasteiger partial charge in [0.1, 0.15) is 6.04 Å². The topological polar surface area (TPSA) is 122 Å². The summed E-state index contributed by atoms with van der Waals surface area (Å²) in [6, 6.07) is 20.5. The van der Waals surface area contributed by atoms with E-state index in [9.17, 15) is 21.6 Å². The summed E-state index contributed by atoms with van der Waals surface area (Å²) >= 11 is 3.29. The quantitative estimate of drug-likeness (QED) is 0.359. The highest BCUT2D eigenvalue weighted by Crippen LogP contribution is 2.18. The number of amides is 1. The molecule has 4 rings (SSSR count). The van der Waals surface area contributed by atoms with Crippen molar-refractivity contribution in [1.29, 1.82) is 0 Å². The van der Waals surface area contributed by atoms with Crippen LogP contribution in [-0.4, -0.2) is 59.4 Å². The summed E-state index contributed by atoms with van der Waals surface area (Å²) in [6.07, 6.45) is 0.152. The minimum absolute atomic E-state index is 0.0450. The first kappa shape index (κ1) is 28.4. The molecule has 1 amide bonds. The number of halogens is 1. The lowest BCUT2D eigenvalue weighted by atomic mass is 10.1. The Balaban J connectivity index is 1.45. The second-order valence-corrected chi connectivity index (χ2v) is 13.3. The number of sulfonamides is 2. The molecule has 1 saturated heterocycles. The van der Waals surface area contributed by atoms with Gasteiger partial charge in [0.2, 0.25) is 26.0 Å². The molecule has 0 saturated carbocycles. The van der Waals surface area contributed by atoms with E-state index in [0.717, 1.165) is 10.0 Å². The summed E-state index contributed by atoms with van der Waals surface area (Å²) in [6.45, 7) is 1.43. The molecule has 3 aromatic rings. The van der Waals surface area contributed by atoms with E-state index in [2.05, 4.69) is 26.0 Å². The lowest BCUT2D eigenvalue weighted by Crippen LogP contribution is -2.47. The Labute approximate surface area is 231 Å². The number of carbonyl (C=O) groups is 1. The van der Waals surface area contributed by atoms with Crippen molar-refractivity contribution in [2.75, 3.05) is 26.3 Å². The van der Waals surface area contributed by atoms with Crippen LogP contribution in [0.2, 0.25) is 0 Å². The van der Waals surface area contributed by atoms with Gasteiger partial charge in [-0.2, -0.15) is 9.03 Å². The van der Waals surface area contributed by atoms with E-state index in [1.54, 1.807) is 24.3 Å². The molecule has 3 aromatic carbocycles. The van der Waals surface area contributed by atoms with Crippen molar-refractivity contribution in [2.45, 2.75) is 28.8 Å². The third kappa shape index (κ3) is 7.28. The van der Waals surface area contributed by atoms with Crippen molar-refractivity contribution in [3.05, 3.63) is 94.5 Å². The van der Waals surface area contributed by atoms with Crippen LogP contribution in [0.4, 0.5) is 0 Å². The fourth-order valence-electron chi connectivity index (χ4n) is 3.93. The van der Waals surface area contributed by atoms with Gasteiger partial charge in [-0.15, -0.1) is 0 Å². The molecule has 1 aliphatic rings. The van der Waals surface area contributed by atoms with E-state index >= 15 is 0 Å². The van der Waals surface area contributed by atoms with Crippen molar-refractivity contribution in [1.82, 2.24) is 14.3 Å². The molecular weight excluding hydrogens is 594 g/mol. The standard InChI is InChI=1S/C26H28BrN3O6S2/c27-22-8-12-23(13-9-22)37(32,33)29-25(18-20-4-2-1-3-5-20)26(31)28-19-21-6-10-24(11-7-21)38(34,35)30-14-16-36-17-15-30/h1-13,25,29H,14-19H2,(H,28,31)/t25-/m1/s1. The van der Waals surface area contributed by atoms with Crippen LogP contribution in [0.5, 0.6) is 0 Å². The Bertz CT molecular complexity index is 1440. The predicted octanol–water partition coefficient (Wildman–Crippen LogP) is 2.68. The molecule has 1 aliphatic heterocycles. The Morgan fingerprint density at radius 2 is 1.45 bits per heavy atom. The van der Waals surface area contributed by atoms with Gasteiger partial charge in [-0.05, 0) is 53.9 Å². The highest BCUT2D eigenvalue weighted by molar-refractivity contribution is 9.10. The van der Waals surface area contributed by atoms with Crippen molar-refractivity contribution in [2.24, 2.45) is 0 Å². The second kappa shape index (κ2) is 12.5. The van der Waals surface area contributed by atoms with Crippen molar-refractivity contribution in [3.8, 4) is 0 Å². The van der Waals surface area contributed by atoms with Gasteiger partial charge in [-0.1, -0.05) is 58.4 Å². The van der Waals surface area contributed by atoms with E-state index in [1.807, 2.05) is 30.3 Å². The summed E-state index contributed by atoms with van der Waals surface area (Å²) in [4.78, 5) is 13.4. The zero-order chi connectivity index (χ0) is 27.2. The molecule has 0 unspecified atom stereocenters. The van der Waals surface area contributed by atoms with Crippen LogP contribution in [0.1, 0.15) is 11.1 Å². The van der Waals surface area contributed by atoms with E-state index in [1.165, 1.54) is 28.6 Å². The molecule has 1 atom stereocenters. The number of nitrogens with one attached hydrogen (secondary N) is 2. The average molecular weight is 623 g/mol. The summed E-state index contributed by atoms with van der Waals surface area (Å²) in [5.74, 6) is -0.500. The SMILES string of the molecule is O=C(NCc1ccc(S(=O)(=O)N2CCOCC2)cc1)[C@@H](Cc1ccccc1)NS(=O)(=O)c1ccc(Br)cc1. The maximum atomic E-state index is 13.2. The minimum Gasteiger partial charge on any atom is -0.379 e. The number of nitrogens with zero attached hydrogens (tertiary/aromatic N) is 1. The maximum Gasteiger partial charge on any atom is 0.243 e. The van der Waals surface area contributed by atoms with Crippen molar-refractivity contribution in [3.63, 3.8) is 0 Å². The van der Waals surface area contributed by atoms with Crippen LogP contribution in [0, 0.1) is 0 Å². The van der Waals surface area contributed by atoms with Gasteiger partial charge in [0, 0.05) is 24.1 Å². The zero-order valence-electron chi connectivity index (χ0n) is 20.4. The maximum absolute atomic E-state index is 13.2. The molecule has 1 fully saturated rings. The van der Waals surface area contributed by atoms with Gasteiger partial charge in [0.15, 0.2) is 0 Å². The molecule has 9 nitrogen and oxygen atoms in total. The zero-order valence-corrected chi connectivity index (χ0v) is 23.6. The van der Waals surface area contributed by atoms with Crippen LogP contribution in [0.25, 0.3) is 0 Å². The first-order valence-corrected chi connectivity index (χ1v) is 15.6. The molecule has 0 bridgehead atoms. The van der Waals surface area contributed by atoms with E-state index < -0.39 is 32.0 Å². The summed E-state index contributed by atoms with van der Waals surface area (Å²) in [7, 11) is -7.59. The van der Waals surface area contributed by atoms with Gasteiger partial charge in [0.05, 0.1) is 23.0 Å². The molecule has 12 heteroatoms. The fourth-order valence-corrected chi connectivity index (χ4v) is 6.80. The number of hydrogen-bond acceptors (Lipinski definition) is 6. The fraction of sp³-hybridized carbons (Fsp3) is 0.269. The Hall–Kier alpha value is -2.61. The number of ether oxygens (including phenoxy) is 1. The van der Waals surface area contributed by atoms with Crippen LogP contribution in [0.15, 0.2) is 93.1 Å². The largest absolute Gasteiger partial charge is 0.379 e. The van der Waals surface area contributed by atoms with Gasteiger partial charge >= 0.3 is 0 Å². The third-order valence-electron chi connectivity index (χ3n) is 6.02. The van der Waals surface area contributed by atoms with Crippen molar-refractivity contribution < 1.29 is 26.4 Å². The Morgan fingerprint density at radius 3 is 2.08 bits per heavy atom. The Kier molecular flexibility index (Phi) is 9.34.